The van der Waals surface area contributed by atoms with E-state index in [0.29, 0.717) is 17.0 Å². The number of para-hydroxylation sites is 1. The molecule has 2 aliphatic heterocycles. The van der Waals surface area contributed by atoms with Gasteiger partial charge in [0.15, 0.2) is 0 Å². The van der Waals surface area contributed by atoms with Crippen molar-refractivity contribution in [2.45, 2.75) is 25.7 Å². The van der Waals surface area contributed by atoms with E-state index in [9.17, 15) is 34.2 Å². The molecule has 2 heterocycles. The van der Waals surface area contributed by atoms with Crippen molar-refractivity contribution < 1.29 is 38.9 Å². The van der Waals surface area contributed by atoms with Gasteiger partial charge in [0.1, 0.15) is 11.5 Å². The maximum atomic E-state index is 14.4. The van der Waals surface area contributed by atoms with Crippen LogP contribution < -0.4 is 14.5 Å². The summed E-state index contributed by atoms with van der Waals surface area (Å²) in [5, 5.41) is 20.8. The first kappa shape index (κ1) is 28.5. The Morgan fingerprint density at radius 3 is 2.29 bits per heavy atom. The van der Waals surface area contributed by atoms with Crippen molar-refractivity contribution in [3.05, 3.63) is 95.6 Å². The summed E-state index contributed by atoms with van der Waals surface area (Å²) in [5.74, 6) is -6.30. The number of carbonyl (C=O) groups excluding carboxylic acids is 4. The second-order valence-electron chi connectivity index (χ2n) is 12.3. The number of methoxy groups -OCH3 is 1. The Morgan fingerprint density at radius 2 is 1.60 bits per heavy atom. The highest BCUT2D eigenvalue weighted by molar-refractivity contribution is 6.25. The van der Waals surface area contributed by atoms with Crippen LogP contribution in [0.25, 0.3) is 0 Å². The normalized spacial score (nSPS) is 28.8. The minimum Gasteiger partial charge on any atom is -0.508 e. The molecule has 3 fully saturated rings. The number of carboxylic acid groups (broad SMARTS) is 1. The lowest BCUT2D eigenvalue weighted by atomic mass is 9.51. The molecule has 2 aliphatic carbocycles. The van der Waals surface area contributed by atoms with Crippen molar-refractivity contribution in [1.29, 1.82) is 0 Å². The van der Waals surface area contributed by atoms with E-state index in [2.05, 4.69) is 0 Å². The highest BCUT2D eigenvalue weighted by Gasteiger charge is 2.68. The number of aromatic carboxylic acids is 1. The van der Waals surface area contributed by atoms with Crippen LogP contribution >= 0.6 is 0 Å². The molecule has 10 heteroatoms. The van der Waals surface area contributed by atoms with E-state index in [1.54, 1.807) is 49.4 Å². The Kier molecular flexibility index (Phi) is 6.43. The highest BCUT2D eigenvalue weighted by Crippen LogP contribution is 2.64. The van der Waals surface area contributed by atoms with Crippen molar-refractivity contribution in [3.8, 4) is 11.5 Å². The molecule has 2 saturated heterocycles. The van der Waals surface area contributed by atoms with Crippen LogP contribution in [0.3, 0.4) is 0 Å². The SMILES string of the molecule is COc1ccc([C@H]2C3=CC[C@@H]4C(=O)N(c5cccc(C(=O)O)c5)C(=O)[C@@H]4[C@@H]3C[C@H]3C(=O)N(c4ccccc4)C(=O)[C@@]23C)c(O)c1. The second kappa shape index (κ2) is 10.2. The van der Waals surface area contributed by atoms with Crippen LogP contribution in [0, 0.1) is 29.1 Å². The quantitative estimate of drug-likeness (QED) is 0.319. The van der Waals surface area contributed by atoms with E-state index >= 15 is 0 Å². The summed E-state index contributed by atoms with van der Waals surface area (Å²) in [6.45, 7) is 1.75. The molecule has 0 radical (unpaired) electrons. The van der Waals surface area contributed by atoms with Crippen molar-refractivity contribution in [2.24, 2.45) is 29.1 Å². The Hall–Kier alpha value is -5.25. The number of hydrogen-bond donors (Lipinski definition) is 2. The lowest BCUT2D eigenvalue weighted by molar-refractivity contribution is -0.131. The third kappa shape index (κ3) is 3.97. The van der Waals surface area contributed by atoms with Gasteiger partial charge in [-0.05, 0) is 62.1 Å². The van der Waals surface area contributed by atoms with Crippen LogP contribution in [-0.4, -0.2) is 46.9 Å². The number of nitrogens with zero attached hydrogens (tertiary/aromatic N) is 2. The van der Waals surface area contributed by atoms with E-state index in [-0.39, 0.29) is 29.8 Å². The van der Waals surface area contributed by atoms with Gasteiger partial charge in [-0.2, -0.15) is 0 Å². The number of ether oxygens (including phenoxy) is 1. The average molecular weight is 607 g/mol. The predicted octanol–water partition coefficient (Wildman–Crippen LogP) is 4.53. The minimum absolute atomic E-state index is 0.0543. The third-order valence-electron chi connectivity index (χ3n) is 10.2. The first-order valence-corrected chi connectivity index (χ1v) is 14.8. The fraction of sp³-hybridized carbons (Fsp3) is 0.286. The number of rotatable bonds is 5. The number of anilines is 2. The molecule has 45 heavy (non-hydrogen) atoms. The first-order valence-electron chi connectivity index (χ1n) is 14.8. The van der Waals surface area contributed by atoms with Gasteiger partial charge >= 0.3 is 5.97 Å². The van der Waals surface area contributed by atoms with Crippen LogP contribution in [0.1, 0.15) is 41.6 Å². The van der Waals surface area contributed by atoms with Crippen LogP contribution in [-0.2, 0) is 19.2 Å². The van der Waals surface area contributed by atoms with Gasteiger partial charge in [-0.1, -0.05) is 42.0 Å². The number of imide groups is 2. The molecular weight excluding hydrogens is 576 g/mol. The van der Waals surface area contributed by atoms with Crippen LogP contribution in [0.2, 0.25) is 0 Å². The fourth-order valence-corrected chi connectivity index (χ4v) is 8.11. The van der Waals surface area contributed by atoms with E-state index in [1.165, 1.54) is 42.3 Å². The molecule has 4 amide bonds. The van der Waals surface area contributed by atoms with Crippen LogP contribution in [0.4, 0.5) is 11.4 Å². The Morgan fingerprint density at radius 1 is 0.867 bits per heavy atom. The number of aromatic hydroxyl groups is 1. The summed E-state index contributed by atoms with van der Waals surface area (Å²) in [6.07, 6.45) is 2.27. The number of allylic oxidation sites excluding steroid dienone is 2. The zero-order valence-electron chi connectivity index (χ0n) is 24.5. The summed E-state index contributed by atoms with van der Waals surface area (Å²) in [4.78, 5) is 70.5. The second-order valence-corrected chi connectivity index (χ2v) is 12.3. The summed E-state index contributed by atoms with van der Waals surface area (Å²) < 4.78 is 5.30. The van der Waals surface area contributed by atoms with Gasteiger partial charge in [-0.25, -0.2) is 9.69 Å². The first-order chi connectivity index (χ1) is 21.6. The van der Waals surface area contributed by atoms with Gasteiger partial charge in [0, 0.05) is 17.5 Å². The molecule has 2 N–H and O–H groups in total. The van der Waals surface area contributed by atoms with Crippen molar-refractivity contribution >= 4 is 41.0 Å². The molecule has 0 spiro atoms. The number of hydrogen-bond acceptors (Lipinski definition) is 7. The molecule has 0 unspecified atom stereocenters. The fourth-order valence-electron chi connectivity index (χ4n) is 8.11. The summed E-state index contributed by atoms with van der Waals surface area (Å²) >= 11 is 0. The van der Waals surface area contributed by atoms with Crippen LogP contribution in [0.15, 0.2) is 84.4 Å². The molecule has 0 aromatic heterocycles. The van der Waals surface area contributed by atoms with Gasteiger partial charge in [-0.3, -0.25) is 24.1 Å². The molecule has 228 valence electrons. The molecular formula is C35H30N2O8. The van der Waals surface area contributed by atoms with Crippen molar-refractivity contribution in [1.82, 2.24) is 0 Å². The summed E-state index contributed by atoms with van der Waals surface area (Å²) in [7, 11) is 1.48. The highest BCUT2D eigenvalue weighted by atomic mass is 16.5. The zero-order valence-corrected chi connectivity index (χ0v) is 24.5. The molecule has 10 nitrogen and oxygen atoms in total. The molecule has 0 bridgehead atoms. The molecule has 3 aromatic carbocycles. The van der Waals surface area contributed by atoms with E-state index in [4.69, 9.17) is 4.74 Å². The Labute approximate surface area is 258 Å². The standard InChI is InChI=1S/C35H30N2O8/c1-35-26(31(40)37(34(35)44)19-8-4-3-5-9-19)17-25-22(29(35)23-12-11-21(45-2)16-27(23)38)13-14-24-28(25)32(41)36(30(24)39)20-10-6-7-18(15-20)33(42)43/h3-13,15-16,24-26,28-29,38H,14,17H2,1-2H3,(H,42,43)/t24-,25+,26-,28-,29+,35+/m0/s1. The summed E-state index contributed by atoms with van der Waals surface area (Å²) in [5.41, 5.74) is 0.419. The van der Waals surface area contributed by atoms with E-state index in [0.717, 1.165) is 10.5 Å². The van der Waals surface area contributed by atoms with Gasteiger partial charge in [-0.15, -0.1) is 0 Å². The van der Waals surface area contributed by atoms with Crippen molar-refractivity contribution in [3.63, 3.8) is 0 Å². The van der Waals surface area contributed by atoms with Crippen LogP contribution in [0.5, 0.6) is 11.5 Å². The topological polar surface area (TPSA) is 142 Å². The lowest BCUT2D eigenvalue weighted by Gasteiger charge is -2.49. The average Bonchev–Trinajstić information content (AvgIpc) is 3.41. The van der Waals surface area contributed by atoms with E-state index < -0.39 is 64.6 Å². The number of carbonyl (C=O) groups is 5. The third-order valence-corrected chi connectivity index (χ3v) is 10.2. The molecule has 4 aliphatic rings. The largest absolute Gasteiger partial charge is 0.508 e. The molecule has 3 aromatic rings. The smallest absolute Gasteiger partial charge is 0.335 e. The monoisotopic (exact) mass is 606 g/mol. The molecule has 7 rings (SSSR count). The number of phenolic OH excluding ortho intramolecular Hbond substituents is 1. The van der Waals surface area contributed by atoms with Gasteiger partial charge < -0.3 is 14.9 Å². The maximum absolute atomic E-state index is 14.4. The van der Waals surface area contributed by atoms with Gasteiger partial charge in [0.25, 0.3) is 0 Å². The number of carboxylic acids is 1. The van der Waals surface area contributed by atoms with Gasteiger partial charge in [0.05, 0.1) is 47.2 Å². The lowest BCUT2D eigenvalue weighted by Crippen LogP contribution is -2.48. The number of fused-ring (bicyclic) bond motifs is 4. The van der Waals surface area contributed by atoms with Crippen molar-refractivity contribution in [2.75, 3.05) is 16.9 Å². The number of benzene rings is 3. The number of amides is 4. The molecule has 1 saturated carbocycles. The van der Waals surface area contributed by atoms with Gasteiger partial charge in [0.2, 0.25) is 23.6 Å². The minimum atomic E-state index is -1.30. The zero-order chi connectivity index (χ0) is 31.8. The Balaban J connectivity index is 1.37. The van der Waals surface area contributed by atoms with E-state index in [1.807, 2.05) is 6.08 Å². The Bertz CT molecular complexity index is 1830. The number of phenols is 1. The maximum Gasteiger partial charge on any atom is 0.335 e. The summed E-state index contributed by atoms with van der Waals surface area (Å²) in [6, 6.07) is 19.2. The molecule has 6 atom stereocenters. The predicted molar refractivity (Wildman–Crippen MR) is 162 cm³/mol.